The van der Waals surface area contributed by atoms with Gasteiger partial charge in [-0.25, -0.2) is 0 Å². The second kappa shape index (κ2) is 5.51. The molecule has 2 rings (SSSR count). The van der Waals surface area contributed by atoms with Crippen molar-refractivity contribution < 1.29 is 10.2 Å². The summed E-state index contributed by atoms with van der Waals surface area (Å²) >= 11 is 0. The highest BCUT2D eigenvalue weighted by Crippen LogP contribution is 2.23. The molecule has 0 spiro atoms. The zero-order valence-electron chi connectivity index (χ0n) is 10.2. The van der Waals surface area contributed by atoms with Crippen molar-refractivity contribution in [3.05, 3.63) is 53.9 Å². The summed E-state index contributed by atoms with van der Waals surface area (Å²) in [6.07, 6.45) is 3.51. The quantitative estimate of drug-likeness (QED) is 0.772. The van der Waals surface area contributed by atoms with Gasteiger partial charge < -0.3 is 15.5 Å². The number of nitrogens with zero attached hydrogens (tertiary/aromatic N) is 1. The van der Waals surface area contributed by atoms with Gasteiger partial charge in [-0.2, -0.15) is 0 Å². The third-order valence-corrected chi connectivity index (χ3v) is 2.87. The van der Waals surface area contributed by atoms with E-state index >= 15 is 0 Å². The molecule has 3 N–H and O–H groups in total. The number of aromatic nitrogens is 1. The van der Waals surface area contributed by atoms with Gasteiger partial charge in [-0.1, -0.05) is 6.07 Å². The lowest BCUT2D eigenvalue weighted by atomic mass is 10.1. The summed E-state index contributed by atoms with van der Waals surface area (Å²) in [6.45, 7) is 2.59. The fraction of sp³-hybridized carbons (Fsp3) is 0.214. The van der Waals surface area contributed by atoms with Crippen molar-refractivity contribution in [1.82, 2.24) is 10.3 Å². The fourth-order valence-electron chi connectivity index (χ4n) is 1.73. The first kappa shape index (κ1) is 12.4. The Hall–Kier alpha value is -2.07. The molecule has 0 aliphatic rings. The summed E-state index contributed by atoms with van der Waals surface area (Å²) in [5.74, 6) is 0.169. The van der Waals surface area contributed by atoms with E-state index in [1.807, 2.05) is 19.1 Å². The first-order valence-corrected chi connectivity index (χ1v) is 5.81. The molecule has 18 heavy (non-hydrogen) atoms. The molecule has 4 nitrogen and oxygen atoms in total. The van der Waals surface area contributed by atoms with Gasteiger partial charge in [0.1, 0.15) is 11.5 Å². The Labute approximate surface area is 106 Å². The third-order valence-electron chi connectivity index (χ3n) is 2.87. The number of nitrogens with one attached hydrogen (secondary N) is 1. The van der Waals surface area contributed by atoms with Gasteiger partial charge in [0.2, 0.25) is 0 Å². The van der Waals surface area contributed by atoms with Crippen LogP contribution in [-0.2, 0) is 6.54 Å². The van der Waals surface area contributed by atoms with E-state index in [1.54, 1.807) is 24.5 Å². The lowest BCUT2D eigenvalue weighted by molar-refractivity contribution is 0.441. The van der Waals surface area contributed by atoms with Crippen LogP contribution in [0, 0.1) is 0 Å². The molecule has 1 aromatic heterocycles. The molecule has 0 fully saturated rings. The molecule has 0 saturated heterocycles. The van der Waals surface area contributed by atoms with E-state index in [9.17, 15) is 10.2 Å². The summed E-state index contributed by atoms with van der Waals surface area (Å²) in [5, 5.41) is 22.2. The van der Waals surface area contributed by atoms with Crippen LogP contribution in [0.25, 0.3) is 0 Å². The molecule has 1 heterocycles. The highest BCUT2D eigenvalue weighted by molar-refractivity contribution is 5.38. The fourth-order valence-corrected chi connectivity index (χ4v) is 1.73. The van der Waals surface area contributed by atoms with E-state index in [1.165, 1.54) is 6.07 Å². The van der Waals surface area contributed by atoms with Crippen LogP contribution in [0.15, 0.2) is 42.7 Å². The SMILES string of the molecule is C[C@@H](NCc1ccc(O)cc1O)c1ccncc1. The molecule has 0 radical (unpaired) electrons. The molecule has 0 saturated carbocycles. The van der Waals surface area contributed by atoms with Crippen LogP contribution in [0.5, 0.6) is 11.5 Å². The zero-order chi connectivity index (χ0) is 13.0. The van der Waals surface area contributed by atoms with E-state index in [0.29, 0.717) is 6.54 Å². The van der Waals surface area contributed by atoms with Crippen molar-refractivity contribution >= 4 is 0 Å². The monoisotopic (exact) mass is 244 g/mol. The molecule has 0 aliphatic carbocycles. The predicted octanol–water partition coefficient (Wildman–Crippen LogP) is 2.34. The molecule has 0 bridgehead atoms. The first-order valence-electron chi connectivity index (χ1n) is 5.81. The van der Waals surface area contributed by atoms with Crippen LogP contribution in [0.1, 0.15) is 24.1 Å². The molecular formula is C14H16N2O2. The molecule has 4 heteroatoms. The number of rotatable bonds is 4. The van der Waals surface area contributed by atoms with Crippen LogP contribution in [0.4, 0.5) is 0 Å². The molecule has 0 amide bonds. The van der Waals surface area contributed by atoms with Crippen LogP contribution < -0.4 is 5.32 Å². The van der Waals surface area contributed by atoms with E-state index in [-0.39, 0.29) is 17.5 Å². The maximum Gasteiger partial charge on any atom is 0.123 e. The minimum absolute atomic E-state index is 0.0680. The first-order chi connectivity index (χ1) is 8.66. The smallest absolute Gasteiger partial charge is 0.123 e. The minimum Gasteiger partial charge on any atom is -0.508 e. The van der Waals surface area contributed by atoms with Crippen molar-refractivity contribution in [2.24, 2.45) is 0 Å². The largest absolute Gasteiger partial charge is 0.508 e. The molecule has 94 valence electrons. The van der Waals surface area contributed by atoms with Crippen LogP contribution in [-0.4, -0.2) is 15.2 Å². The van der Waals surface area contributed by atoms with Gasteiger partial charge in [-0.15, -0.1) is 0 Å². The average molecular weight is 244 g/mol. The number of hydrogen-bond donors (Lipinski definition) is 3. The molecule has 2 aromatic rings. The minimum atomic E-state index is 0.0680. The van der Waals surface area contributed by atoms with Crippen molar-refractivity contribution in [2.75, 3.05) is 0 Å². The lowest BCUT2D eigenvalue weighted by Gasteiger charge is -2.14. The molecule has 0 aliphatic heterocycles. The normalized spacial score (nSPS) is 12.3. The summed E-state index contributed by atoms with van der Waals surface area (Å²) in [6, 6.07) is 8.68. The summed E-state index contributed by atoms with van der Waals surface area (Å²) < 4.78 is 0. The van der Waals surface area contributed by atoms with Crippen molar-refractivity contribution in [3.63, 3.8) is 0 Å². The Kier molecular flexibility index (Phi) is 3.79. The summed E-state index contributed by atoms with van der Waals surface area (Å²) in [4.78, 5) is 3.97. The Morgan fingerprint density at radius 2 is 1.89 bits per heavy atom. The number of benzene rings is 1. The van der Waals surface area contributed by atoms with E-state index < -0.39 is 0 Å². The van der Waals surface area contributed by atoms with Gasteiger partial charge in [0.05, 0.1) is 0 Å². The maximum absolute atomic E-state index is 9.66. The van der Waals surface area contributed by atoms with Crippen molar-refractivity contribution in [2.45, 2.75) is 19.5 Å². The maximum atomic E-state index is 9.66. The van der Waals surface area contributed by atoms with Gasteiger partial charge in [0.25, 0.3) is 0 Å². The molecular weight excluding hydrogens is 228 g/mol. The lowest BCUT2D eigenvalue weighted by Crippen LogP contribution is -2.18. The number of pyridine rings is 1. The van der Waals surface area contributed by atoms with Gasteiger partial charge >= 0.3 is 0 Å². The van der Waals surface area contributed by atoms with Gasteiger partial charge in [-0.05, 0) is 30.7 Å². The van der Waals surface area contributed by atoms with E-state index in [0.717, 1.165) is 11.1 Å². The highest BCUT2D eigenvalue weighted by atomic mass is 16.3. The van der Waals surface area contributed by atoms with E-state index in [4.69, 9.17) is 0 Å². The second-order valence-electron chi connectivity index (χ2n) is 4.20. The average Bonchev–Trinajstić information content (AvgIpc) is 2.38. The predicted molar refractivity (Wildman–Crippen MR) is 69.3 cm³/mol. The van der Waals surface area contributed by atoms with E-state index in [2.05, 4.69) is 10.3 Å². The highest BCUT2D eigenvalue weighted by Gasteiger charge is 2.06. The standard InChI is InChI=1S/C14H16N2O2/c1-10(11-4-6-15-7-5-11)16-9-12-2-3-13(17)8-14(12)18/h2-8,10,16-18H,9H2,1H3/t10-/m1/s1. The zero-order valence-corrected chi connectivity index (χ0v) is 10.2. The summed E-state index contributed by atoms with van der Waals surface area (Å²) in [7, 11) is 0. The van der Waals surface area contributed by atoms with Gasteiger partial charge in [0.15, 0.2) is 0 Å². The molecule has 1 atom stereocenters. The van der Waals surface area contributed by atoms with Crippen molar-refractivity contribution in [1.29, 1.82) is 0 Å². The van der Waals surface area contributed by atoms with Crippen molar-refractivity contribution in [3.8, 4) is 11.5 Å². The Morgan fingerprint density at radius 1 is 1.17 bits per heavy atom. The number of hydrogen-bond acceptors (Lipinski definition) is 4. The third kappa shape index (κ3) is 2.99. The second-order valence-corrected chi connectivity index (χ2v) is 4.20. The van der Waals surface area contributed by atoms with Gasteiger partial charge in [-0.3, -0.25) is 4.98 Å². The molecule has 0 unspecified atom stereocenters. The van der Waals surface area contributed by atoms with Crippen LogP contribution in [0.2, 0.25) is 0 Å². The number of phenolic OH excluding ortho intramolecular Hbond substituents is 2. The molecule has 1 aromatic carbocycles. The Morgan fingerprint density at radius 3 is 2.56 bits per heavy atom. The Bertz CT molecular complexity index is 514. The number of phenols is 2. The number of aromatic hydroxyl groups is 2. The van der Waals surface area contributed by atoms with Crippen LogP contribution in [0.3, 0.4) is 0 Å². The Balaban J connectivity index is 1.99. The van der Waals surface area contributed by atoms with Gasteiger partial charge in [0, 0.05) is 36.6 Å². The van der Waals surface area contributed by atoms with Crippen LogP contribution >= 0.6 is 0 Å². The topological polar surface area (TPSA) is 65.4 Å². The summed E-state index contributed by atoms with van der Waals surface area (Å²) in [5.41, 5.74) is 1.90.